The summed E-state index contributed by atoms with van der Waals surface area (Å²) in [5.41, 5.74) is 2.17. The Morgan fingerprint density at radius 1 is 1.03 bits per heavy atom. The quantitative estimate of drug-likeness (QED) is 0.523. The average molecular weight is 463 g/mol. The van der Waals surface area contributed by atoms with Crippen LogP contribution in [-0.4, -0.2) is 29.5 Å². The van der Waals surface area contributed by atoms with Crippen molar-refractivity contribution in [3.05, 3.63) is 75.2 Å². The summed E-state index contributed by atoms with van der Waals surface area (Å²) in [6.45, 7) is 2.51. The maximum atomic E-state index is 12.6. The van der Waals surface area contributed by atoms with Crippen LogP contribution in [0.1, 0.15) is 37.0 Å². The van der Waals surface area contributed by atoms with Gasteiger partial charge in [-0.3, -0.25) is 9.59 Å². The predicted molar refractivity (Wildman–Crippen MR) is 115 cm³/mol. The molecule has 0 bridgehead atoms. The van der Waals surface area contributed by atoms with E-state index >= 15 is 0 Å². The van der Waals surface area contributed by atoms with Gasteiger partial charge in [-0.15, -0.1) is 11.3 Å². The van der Waals surface area contributed by atoms with E-state index < -0.39 is 24.5 Å². The SMILES string of the molecule is Cc1nc(COc2ccc(C(=O)Nc3cc(C(=O)NCC(F)(F)F)ccc3C)cc2)cs1. The maximum Gasteiger partial charge on any atom is 0.405 e. The number of halogens is 3. The fraction of sp³-hybridized carbons (Fsp3) is 0.227. The number of nitrogens with zero attached hydrogens (tertiary/aromatic N) is 1. The van der Waals surface area contributed by atoms with Gasteiger partial charge in [-0.2, -0.15) is 13.2 Å². The molecule has 10 heteroatoms. The number of ether oxygens (including phenoxy) is 1. The van der Waals surface area contributed by atoms with Crippen LogP contribution in [0.3, 0.4) is 0 Å². The fourth-order valence-electron chi connectivity index (χ4n) is 2.71. The van der Waals surface area contributed by atoms with Crippen LogP contribution >= 0.6 is 11.3 Å². The number of nitrogens with one attached hydrogen (secondary N) is 2. The van der Waals surface area contributed by atoms with Gasteiger partial charge in [-0.25, -0.2) is 4.98 Å². The third-order valence-corrected chi connectivity index (χ3v) is 5.19. The second-order valence-electron chi connectivity index (χ2n) is 6.95. The molecule has 1 aromatic heterocycles. The summed E-state index contributed by atoms with van der Waals surface area (Å²) < 4.78 is 42.6. The van der Waals surface area contributed by atoms with Crippen LogP contribution in [0.4, 0.5) is 18.9 Å². The van der Waals surface area contributed by atoms with E-state index in [4.69, 9.17) is 4.74 Å². The largest absolute Gasteiger partial charge is 0.487 e. The number of anilines is 1. The topological polar surface area (TPSA) is 80.3 Å². The zero-order valence-corrected chi connectivity index (χ0v) is 18.1. The summed E-state index contributed by atoms with van der Waals surface area (Å²) >= 11 is 1.54. The number of aromatic nitrogens is 1. The smallest absolute Gasteiger partial charge is 0.405 e. The Balaban J connectivity index is 1.62. The first kappa shape index (κ1) is 23.3. The highest BCUT2D eigenvalue weighted by molar-refractivity contribution is 7.09. The van der Waals surface area contributed by atoms with E-state index in [2.05, 4.69) is 10.3 Å². The maximum absolute atomic E-state index is 12.6. The molecule has 0 unspecified atom stereocenters. The van der Waals surface area contributed by atoms with Crippen LogP contribution in [0, 0.1) is 13.8 Å². The molecular weight excluding hydrogens is 443 g/mol. The number of hydrogen-bond acceptors (Lipinski definition) is 5. The molecular formula is C22H20F3N3O3S. The number of carbonyl (C=O) groups excluding carboxylic acids is 2. The van der Waals surface area contributed by atoms with E-state index in [-0.39, 0.29) is 5.56 Å². The standard InChI is InChI=1S/C22H20F3N3O3S/c1-13-3-4-16(20(29)26-12-22(23,24)25)9-19(13)28-21(30)15-5-7-18(8-6-15)31-10-17-11-32-14(2)27-17/h3-9,11H,10,12H2,1-2H3,(H,26,29)(H,28,30). The second kappa shape index (κ2) is 9.82. The number of amides is 2. The molecule has 168 valence electrons. The third-order valence-electron chi connectivity index (χ3n) is 4.37. The van der Waals surface area contributed by atoms with Gasteiger partial charge in [0.15, 0.2) is 0 Å². The third kappa shape index (κ3) is 6.55. The molecule has 0 saturated heterocycles. The van der Waals surface area contributed by atoms with Crippen LogP contribution in [0.2, 0.25) is 0 Å². The molecule has 2 aromatic carbocycles. The molecule has 1 heterocycles. The van der Waals surface area contributed by atoms with Gasteiger partial charge in [0, 0.05) is 22.2 Å². The number of alkyl halides is 3. The van der Waals surface area contributed by atoms with Gasteiger partial charge in [0.05, 0.1) is 10.7 Å². The molecule has 0 spiro atoms. The zero-order chi connectivity index (χ0) is 23.3. The summed E-state index contributed by atoms with van der Waals surface area (Å²) in [5, 5.41) is 7.36. The van der Waals surface area contributed by atoms with Gasteiger partial charge in [0.1, 0.15) is 18.9 Å². The molecule has 32 heavy (non-hydrogen) atoms. The van der Waals surface area contributed by atoms with Gasteiger partial charge in [0.25, 0.3) is 11.8 Å². The molecule has 0 fully saturated rings. The summed E-state index contributed by atoms with van der Waals surface area (Å²) in [7, 11) is 0. The summed E-state index contributed by atoms with van der Waals surface area (Å²) in [6, 6.07) is 10.8. The predicted octanol–water partition coefficient (Wildman–Crippen LogP) is 4.88. The average Bonchev–Trinajstić information content (AvgIpc) is 3.17. The van der Waals surface area contributed by atoms with Crippen molar-refractivity contribution < 1.29 is 27.5 Å². The number of aryl methyl sites for hydroxylation is 2. The Morgan fingerprint density at radius 2 is 1.72 bits per heavy atom. The number of carbonyl (C=O) groups is 2. The number of benzene rings is 2. The van der Waals surface area contributed by atoms with Gasteiger partial charge < -0.3 is 15.4 Å². The molecule has 2 N–H and O–H groups in total. The highest BCUT2D eigenvalue weighted by atomic mass is 32.1. The summed E-state index contributed by atoms with van der Waals surface area (Å²) in [6.07, 6.45) is -4.51. The summed E-state index contributed by atoms with van der Waals surface area (Å²) in [5.74, 6) is -0.732. The van der Waals surface area contributed by atoms with Crippen LogP contribution in [0.25, 0.3) is 0 Å². The second-order valence-corrected chi connectivity index (χ2v) is 8.01. The van der Waals surface area contributed by atoms with Crippen molar-refractivity contribution >= 4 is 28.8 Å². The first-order valence-corrected chi connectivity index (χ1v) is 10.4. The molecule has 3 rings (SSSR count). The molecule has 0 aliphatic heterocycles. The number of thiazole rings is 1. The minimum atomic E-state index is -4.51. The lowest BCUT2D eigenvalue weighted by atomic mass is 10.1. The lowest BCUT2D eigenvalue weighted by molar-refractivity contribution is -0.123. The van der Waals surface area contributed by atoms with Gasteiger partial charge in [-0.1, -0.05) is 6.07 Å². The Kier molecular flexibility index (Phi) is 7.14. The highest BCUT2D eigenvalue weighted by Gasteiger charge is 2.28. The number of hydrogen-bond donors (Lipinski definition) is 2. The molecule has 6 nitrogen and oxygen atoms in total. The van der Waals surface area contributed by atoms with E-state index in [1.165, 1.54) is 23.5 Å². The van der Waals surface area contributed by atoms with Crippen LogP contribution < -0.4 is 15.4 Å². The van der Waals surface area contributed by atoms with E-state index in [1.807, 2.05) is 17.6 Å². The van der Waals surface area contributed by atoms with Crippen molar-refractivity contribution in [2.75, 3.05) is 11.9 Å². The molecule has 0 saturated carbocycles. The van der Waals surface area contributed by atoms with E-state index in [9.17, 15) is 22.8 Å². The van der Waals surface area contributed by atoms with Crippen molar-refractivity contribution in [3.8, 4) is 5.75 Å². The Morgan fingerprint density at radius 3 is 2.34 bits per heavy atom. The number of rotatable bonds is 7. The van der Waals surface area contributed by atoms with Crippen molar-refractivity contribution in [1.82, 2.24) is 10.3 Å². The van der Waals surface area contributed by atoms with Crippen molar-refractivity contribution in [2.45, 2.75) is 26.6 Å². The minimum absolute atomic E-state index is 0.0103. The molecule has 0 radical (unpaired) electrons. The molecule has 0 aliphatic rings. The van der Waals surface area contributed by atoms with Crippen molar-refractivity contribution in [1.29, 1.82) is 0 Å². The van der Waals surface area contributed by atoms with Crippen LogP contribution in [-0.2, 0) is 6.61 Å². The van der Waals surface area contributed by atoms with Gasteiger partial charge >= 0.3 is 6.18 Å². The molecule has 2 amide bonds. The van der Waals surface area contributed by atoms with E-state index in [0.29, 0.717) is 29.2 Å². The summed E-state index contributed by atoms with van der Waals surface area (Å²) in [4.78, 5) is 28.9. The normalized spacial score (nSPS) is 11.2. The van der Waals surface area contributed by atoms with Gasteiger partial charge in [-0.05, 0) is 55.8 Å². The zero-order valence-electron chi connectivity index (χ0n) is 17.2. The van der Waals surface area contributed by atoms with Crippen LogP contribution in [0.5, 0.6) is 5.75 Å². The molecule has 0 atom stereocenters. The van der Waals surface area contributed by atoms with E-state index in [1.54, 1.807) is 37.3 Å². The Bertz CT molecular complexity index is 1110. The van der Waals surface area contributed by atoms with Crippen molar-refractivity contribution in [3.63, 3.8) is 0 Å². The van der Waals surface area contributed by atoms with Crippen LogP contribution in [0.15, 0.2) is 47.8 Å². The highest BCUT2D eigenvalue weighted by Crippen LogP contribution is 2.20. The van der Waals surface area contributed by atoms with E-state index in [0.717, 1.165) is 10.7 Å². The first-order valence-electron chi connectivity index (χ1n) is 9.51. The monoisotopic (exact) mass is 463 g/mol. The molecule has 3 aromatic rings. The Hall–Kier alpha value is -3.40. The Labute approximate surface area is 186 Å². The molecule has 0 aliphatic carbocycles. The minimum Gasteiger partial charge on any atom is -0.487 e. The lowest BCUT2D eigenvalue weighted by Crippen LogP contribution is -2.33. The lowest BCUT2D eigenvalue weighted by Gasteiger charge is -2.12. The van der Waals surface area contributed by atoms with Gasteiger partial charge in [0.2, 0.25) is 0 Å². The van der Waals surface area contributed by atoms with Crippen molar-refractivity contribution in [2.24, 2.45) is 0 Å². The first-order chi connectivity index (χ1) is 15.1. The fourth-order valence-corrected chi connectivity index (χ4v) is 3.31.